The van der Waals surface area contributed by atoms with Gasteiger partial charge in [-0.1, -0.05) is 41.4 Å². The van der Waals surface area contributed by atoms with Crippen LogP contribution in [0.5, 0.6) is 0 Å². The Morgan fingerprint density at radius 3 is 2.39 bits per heavy atom. The van der Waals surface area contributed by atoms with Crippen molar-refractivity contribution in [2.24, 2.45) is 5.73 Å². The summed E-state index contributed by atoms with van der Waals surface area (Å²) in [7, 11) is 0. The molecule has 0 aliphatic carbocycles. The summed E-state index contributed by atoms with van der Waals surface area (Å²) in [6.07, 6.45) is -6.41. The van der Waals surface area contributed by atoms with Crippen molar-refractivity contribution in [1.29, 1.82) is 0 Å². The third kappa shape index (κ3) is 7.22. The fourth-order valence-corrected chi connectivity index (χ4v) is 3.69. The van der Waals surface area contributed by atoms with Crippen LogP contribution in [0.4, 0.5) is 18.0 Å². The van der Waals surface area contributed by atoms with Crippen LogP contribution in [0.15, 0.2) is 59.4 Å². The molecule has 2 aromatic carbocycles. The highest BCUT2D eigenvalue weighted by Gasteiger charge is 2.24. The van der Waals surface area contributed by atoms with Crippen molar-refractivity contribution in [1.82, 2.24) is 14.3 Å². The number of amides is 1. The molecule has 0 aliphatic rings. The molecule has 13 heteroatoms. The van der Waals surface area contributed by atoms with Gasteiger partial charge in [0.25, 0.3) is 0 Å². The minimum atomic E-state index is -4.68. The second-order valence-electron chi connectivity index (χ2n) is 7.52. The molecule has 1 atom stereocenters. The molecule has 0 aliphatic heterocycles. The zero-order chi connectivity index (χ0) is 26.5. The summed E-state index contributed by atoms with van der Waals surface area (Å²) in [4.78, 5) is 36.8. The van der Waals surface area contributed by atoms with Gasteiger partial charge in [0.2, 0.25) is 0 Å². The Hall–Kier alpha value is -3.57. The number of allylic oxidation sites excluding steroid dienone is 1. The number of nitrogens with two attached hydrogens (primary N) is 1. The van der Waals surface area contributed by atoms with Gasteiger partial charge in [0.1, 0.15) is 12.6 Å². The van der Waals surface area contributed by atoms with Gasteiger partial charge in [0, 0.05) is 39.9 Å². The number of ketones is 1. The average Bonchev–Trinajstić information content (AvgIpc) is 3.10. The molecule has 36 heavy (non-hydrogen) atoms. The molecule has 2 N–H and O–H groups in total. The highest BCUT2D eigenvalue weighted by atomic mass is 35.5. The topological polar surface area (TPSA) is 109 Å². The SMILES string of the molecule is NC(=O)OC(CCC(=O)Cn1nc(-c2ccc(Cl)cc2)n(/C=C/C(F)(F)F)c1=O)c1ccccc1Cl. The number of rotatable bonds is 9. The van der Waals surface area contributed by atoms with Crippen molar-refractivity contribution in [2.75, 3.05) is 0 Å². The Kier molecular flexibility index (Phi) is 8.59. The molecule has 0 spiro atoms. The van der Waals surface area contributed by atoms with E-state index in [2.05, 4.69) is 5.10 Å². The van der Waals surface area contributed by atoms with E-state index in [9.17, 15) is 27.6 Å². The number of carbonyl (C=O) groups excluding carboxylic acids is 2. The van der Waals surface area contributed by atoms with Crippen LogP contribution in [-0.2, 0) is 16.1 Å². The Morgan fingerprint density at radius 1 is 1.11 bits per heavy atom. The van der Waals surface area contributed by atoms with E-state index in [0.717, 1.165) is 4.68 Å². The lowest BCUT2D eigenvalue weighted by molar-refractivity contribution is -0.120. The number of primary amides is 1. The van der Waals surface area contributed by atoms with Gasteiger partial charge < -0.3 is 10.5 Å². The molecule has 0 bridgehead atoms. The van der Waals surface area contributed by atoms with Crippen LogP contribution in [0, 0.1) is 0 Å². The molecule has 3 rings (SSSR count). The molecular formula is C23H19Cl2F3N4O4. The zero-order valence-corrected chi connectivity index (χ0v) is 19.9. The summed E-state index contributed by atoms with van der Waals surface area (Å²) < 4.78 is 44.8. The lowest BCUT2D eigenvalue weighted by Gasteiger charge is -2.17. The van der Waals surface area contributed by atoms with E-state index in [1.165, 1.54) is 24.3 Å². The summed E-state index contributed by atoms with van der Waals surface area (Å²) in [6.45, 7) is -0.530. The number of carbonyl (C=O) groups is 2. The van der Waals surface area contributed by atoms with Crippen LogP contribution >= 0.6 is 23.2 Å². The summed E-state index contributed by atoms with van der Waals surface area (Å²) >= 11 is 12.0. The Labute approximate surface area is 212 Å². The molecule has 0 radical (unpaired) electrons. The van der Waals surface area contributed by atoms with Crippen molar-refractivity contribution >= 4 is 41.3 Å². The molecular weight excluding hydrogens is 524 g/mol. The van der Waals surface area contributed by atoms with Crippen molar-refractivity contribution in [3.63, 3.8) is 0 Å². The van der Waals surface area contributed by atoms with E-state index in [1.807, 2.05) is 0 Å². The number of hydrogen-bond donors (Lipinski definition) is 1. The van der Waals surface area contributed by atoms with Crippen molar-refractivity contribution in [3.05, 3.63) is 80.7 Å². The van der Waals surface area contributed by atoms with Gasteiger partial charge in [0.15, 0.2) is 11.6 Å². The quantitative estimate of drug-likeness (QED) is 0.397. The van der Waals surface area contributed by atoms with E-state index in [0.29, 0.717) is 31.9 Å². The third-order valence-corrected chi connectivity index (χ3v) is 5.50. The maximum atomic E-state index is 12.8. The van der Waals surface area contributed by atoms with E-state index in [-0.39, 0.29) is 24.7 Å². The number of ether oxygens (including phenoxy) is 1. The highest BCUT2D eigenvalue weighted by molar-refractivity contribution is 6.31. The van der Waals surface area contributed by atoms with Crippen LogP contribution in [-0.4, -0.2) is 32.4 Å². The van der Waals surface area contributed by atoms with Crippen LogP contribution in [0.1, 0.15) is 24.5 Å². The predicted molar refractivity (Wildman–Crippen MR) is 127 cm³/mol. The monoisotopic (exact) mass is 542 g/mol. The molecule has 0 fully saturated rings. The molecule has 0 saturated heterocycles. The van der Waals surface area contributed by atoms with Crippen molar-refractivity contribution < 1.29 is 27.5 Å². The molecule has 3 aromatic rings. The fraction of sp³-hybridized carbons (Fsp3) is 0.217. The lowest BCUT2D eigenvalue weighted by Crippen LogP contribution is -2.26. The van der Waals surface area contributed by atoms with E-state index < -0.39 is 36.4 Å². The summed E-state index contributed by atoms with van der Waals surface area (Å²) in [5.74, 6) is -0.606. The van der Waals surface area contributed by atoms with E-state index in [4.69, 9.17) is 33.7 Å². The Bertz CT molecular complexity index is 1330. The van der Waals surface area contributed by atoms with Gasteiger partial charge in [-0.25, -0.2) is 18.8 Å². The molecule has 1 aromatic heterocycles. The van der Waals surface area contributed by atoms with E-state index in [1.54, 1.807) is 24.3 Å². The first-order valence-electron chi connectivity index (χ1n) is 10.4. The van der Waals surface area contributed by atoms with Gasteiger partial charge in [-0.2, -0.15) is 13.2 Å². The average molecular weight is 543 g/mol. The number of benzene rings is 2. The predicted octanol–water partition coefficient (Wildman–Crippen LogP) is 5.24. The Balaban J connectivity index is 1.84. The van der Waals surface area contributed by atoms with Crippen LogP contribution in [0.25, 0.3) is 17.6 Å². The molecule has 1 heterocycles. The standard InChI is InChI=1S/C23H19Cl2F3N4O4/c24-15-7-5-14(6-8-15)20-30-32(22(35)31(20)12-11-23(26,27)28)13-16(33)9-10-19(36-21(29)34)17-3-1-2-4-18(17)25/h1-8,11-12,19H,9-10,13H2,(H2,29,34)/b12-11+. The van der Waals surface area contributed by atoms with Crippen LogP contribution < -0.4 is 11.4 Å². The summed E-state index contributed by atoms with van der Waals surface area (Å²) in [5.41, 5.74) is 4.93. The first-order valence-corrected chi connectivity index (χ1v) is 11.1. The van der Waals surface area contributed by atoms with Gasteiger partial charge in [-0.15, -0.1) is 5.10 Å². The number of aromatic nitrogens is 3. The number of Topliss-reactive ketones (excluding diaryl/α,β-unsaturated/α-hetero) is 1. The summed E-state index contributed by atoms with van der Waals surface area (Å²) in [5, 5.41) is 4.73. The summed E-state index contributed by atoms with van der Waals surface area (Å²) in [6, 6.07) is 12.4. The largest absolute Gasteiger partial charge is 0.441 e. The third-order valence-electron chi connectivity index (χ3n) is 4.91. The molecule has 1 unspecified atom stereocenters. The second-order valence-corrected chi connectivity index (χ2v) is 8.37. The molecule has 0 saturated carbocycles. The minimum Gasteiger partial charge on any atom is -0.441 e. The van der Waals surface area contributed by atoms with Gasteiger partial charge >= 0.3 is 18.0 Å². The first kappa shape index (κ1) is 27.0. The van der Waals surface area contributed by atoms with Gasteiger partial charge in [-0.05, 0) is 36.8 Å². The van der Waals surface area contributed by atoms with Crippen molar-refractivity contribution in [3.8, 4) is 11.4 Å². The maximum absolute atomic E-state index is 12.8. The lowest BCUT2D eigenvalue weighted by atomic mass is 10.0. The first-order chi connectivity index (χ1) is 16.9. The smallest absolute Gasteiger partial charge is 0.411 e. The number of hydrogen-bond acceptors (Lipinski definition) is 5. The fourth-order valence-electron chi connectivity index (χ4n) is 3.30. The van der Waals surface area contributed by atoms with Crippen LogP contribution in [0.2, 0.25) is 10.0 Å². The highest BCUT2D eigenvalue weighted by Crippen LogP contribution is 2.29. The van der Waals surface area contributed by atoms with Crippen molar-refractivity contribution in [2.45, 2.75) is 31.7 Å². The van der Waals surface area contributed by atoms with E-state index >= 15 is 0 Å². The molecule has 190 valence electrons. The van der Waals surface area contributed by atoms with Gasteiger partial charge in [0.05, 0.1) is 0 Å². The number of halogens is 5. The second kappa shape index (κ2) is 11.4. The molecule has 8 nitrogen and oxygen atoms in total. The normalized spacial score (nSPS) is 12.6. The molecule has 1 amide bonds. The minimum absolute atomic E-state index is 0.00101. The van der Waals surface area contributed by atoms with Gasteiger partial charge in [-0.3, -0.25) is 4.79 Å². The number of nitrogens with zero attached hydrogens (tertiary/aromatic N) is 3. The zero-order valence-electron chi connectivity index (χ0n) is 18.4. The Morgan fingerprint density at radius 2 is 1.78 bits per heavy atom. The number of alkyl halides is 3. The maximum Gasteiger partial charge on any atom is 0.411 e. The van der Waals surface area contributed by atoms with Crippen LogP contribution in [0.3, 0.4) is 0 Å².